The summed E-state index contributed by atoms with van der Waals surface area (Å²) < 4.78 is 40.0. The molecule has 1 fully saturated rings. The van der Waals surface area contributed by atoms with Crippen molar-refractivity contribution in [3.63, 3.8) is 0 Å². The summed E-state index contributed by atoms with van der Waals surface area (Å²) in [6, 6.07) is 32.1. The van der Waals surface area contributed by atoms with Crippen molar-refractivity contribution in [3.05, 3.63) is 149 Å². The van der Waals surface area contributed by atoms with Gasteiger partial charge in [0.05, 0.1) is 11.5 Å². The van der Waals surface area contributed by atoms with Gasteiger partial charge in [-0.05, 0) is 70.5 Å². The minimum atomic E-state index is -4.49. The molecule has 1 aliphatic heterocycles. The topological polar surface area (TPSA) is 68.4 Å². The van der Waals surface area contributed by atoms with Gasteiger partial charge in [0.1, 0.15) is 0 Å². The van der Waals surface area contributed by atoms with Crippen molar-refractivity contribution < 1.29 is 22.8 Å². The first-order valence-corrected chi connectivity index (χ1v) is 16.0. The summed E-state index contributed by atoms with van der Waals surface area (Å²) >= 11 is 0. The zero-order chi connectivity index (χ0) is 33.5. The van der Waals surface area contributed by atoms with Gasteiger partial charge in [0.15, 0.2) is 0 Å². The number of fused-ring (bicyclic) bond motifs is 1. The van der Waals surface area contributed by atoms with Crippen molar-refractivity contribution in [2.45, 2.75) is 25.7 Å². The molecule has 246 valence electrons. The number of hydrogen-bond donors (Lipinski definition) is 2. The number of nitrogens with one attached hydrogen (secondary N) is 2. The van der Waals surface area contributed by atoms with Crippen LogP contribution in [0.4, 0.5) is 13.2 Å². The van der Waals surface area contributed by atoms with E-state index in [2.05, 4.69) is 27.3 Å². The Morgan fingerprint density at radius 1 is 0.792 bits per heavy atom. The van der Waals surface area contributed by atoms with E-state index in [-0.39, 0.29) is 24.4 Å². The standard InChI is InChI=1S/C39H37F3N4O2/c40-39(41,42)33-14-11-29(12-15-33)24-34(37(47)44-26-31-13-16-36-32(23-31)17-18-43-36)35(25-28-7-3-1-4-8-28)38(48)46-21-19-45(20-22-46)27-30-9-5-2-6-10-30/h1-18,23-24,35,43H,19-22,25-27H2,(H,44,47)/t35-/m0/s1. The van der Waals surface area contributed by atoms with Gasteiger partial charge >= 0.3 is 6.18 Å². The van der Waals surface area contributed by atoms with Crippen LogP contribution in [0, 0.1) is 5.92 Å². The Hall–Kier alpha value is -5.15. The lowest BCUT2D eigenvalue weighted by molar-refractivity contribution is -0.138. The Morgan fingerprint density at radius 2 is 1.46 bits per heavy atom. The fourth-order valence-corrected chi connectivity index (χ4v) is 6.14. The monoisotopic (exact) mass is 650 g/mol. The van der Waals surface area contributed by atoms with E-state index in [0.717, 1.165) is 40.7 Å². The normalized spacial score (nSPS) is 15.0. The first kappa shape index (κ1) is 32.8. The fraction of sp³-hybridized carbons (Fsp3) is 0.231. The quantitative estimate of drug-likeness (QED) is 0.159. The Kier molecular flexibility index (Phi) is 10.1. The molecule has 2 N–H and O–H groups in total. The number of carbonyl (C=O) groups excluding carboxylic acids is 2. The summed E-state index contributed by atoms with van der Waals surface area (Å²) in [5.41, 5.74) is 3.76. The number of nitrogens with zero attached hydrogens (tertiary/aromatic N) is 2. The van der Waals surface area contributed by atoms with Crippen LogP contribution in [0.25, 0.3) is 17.0 Å². The molecular weight excluding hydrogens is 613 g/mol. The number of carbonyl (C=O) groups is 2. The number of halogens is 3. The van der Waals surface area contributed by atoms with Crippen LogP contribution < -0.4 is 5.32 Å². The molecule has 2 amide bonds. The predicted octanol–water partition coefficient (Wildman–Crippen LogP) is 7.09. The molecule has 1 aliphatic rings. The van der Waals surface area contributed by atoms with Crippen molar-refractivity contribution in [1.82, 2.24) is 20.1 Å². The summed E-state index contributed by atoms with van der Waals surface area (Å²) in [4.78, 5) is 35.8. The van der Waals surface area contributed by atoms with E-state index < -0.39 is 23.6 Å². The Bertz CT molecular complexity index is 1860. The molecule has 0 bridgehead atoms. The van der Waals surface area contributed by atoms with E-state index >= 15 is 0 Å². The van der Waals surface area contributed by atoms with Gasteiger partial charge in [0, 0.05) is 56.6 Å². The van der Waals surface area contributed by atoms with Crippen molar-refractivity contribution in [2.75, 3.05) is 26.2 Å². The molecule has 48 heavy (non-hydrogen) atoms. The lowest BCUT2D eigenvalue weighted by Crippen LogP contribution is -2.51. The second-order valence-electron chi connectivity index (χ2n) is 12.1. The molecular formula is C39H37F3N4O2. The van der Waals surface area contributed by atoms with Crippen LogP contribution in [0.2, 0.25) is 0 Å². The van der Waals surface area contributed by atoms with Gasteiger partial charge in [-0.25, -0.2) is 0 Å². The molecule has 5 aromatic rings. The molecule has 4 aromatic carbocycles. The Balaban J connectivity index is 1.29. The Morgan fingerprint density at radius 3 is 2.12 bits per heavy atom. The van der Waals surface area contributed by atoms with Crippen LogP contribution in [-0.2, 0) is 35.3 Å². The second-order valence-corrected chi connectivity index (χ2v) is 12.1. The summed E-state index contributed by atoms with van der Waals surface area (Å²) in [6.45, 7) is 3.38. The highest BCUT2D eigenvalue weighted by molar-refractivity contribution is 6.04. The third-order valence-corrected chi connectivity index (χ3v) is 8.78. The number of alkyl halides is 3. The van der Waals surface area contributed by atoms with E-state index in [1.807, 2.05) is 83.9 Å². The SMILES string of the molecule is O=C(NCc1ccc2[nH]ccc2c1)C(=Cc1ccc(C(F)(F)F)cc1)[C@H](Cc1ccccc1)C(=O)N1CCN(Cc2ccccc2)CC1. The molecule has 9 heteroatoms. The fourth-order valence-electron chi connectivity index (χ4n) is 6.14. The predicted molar refractivity (Wildman–Crippen MR) is 182 cm³/mol. The molecule has 6 nitrogen and oxygen atoms in total. The van der Waals surface area contributed by atoms with Crippen LogP contribution >= 0.6 is 0 Å². The van der Waals surface area contributed by atoms with E-state index in [0.29, 0.717) is 31.7 Å². The van der Waals surface area contributed by atoms with Gasteiger partial charge in [-0.3, -0.25) is 14.5 Å². The molecule has 0 radical (unpaired) electrons. The van der Waals surface area contributed by atoms with Gasteiger partial charge < -0.3 is 15.2 Å². The third-order valence-electron chi connectivity index (χ3n) is 8.78. The molecule has 0 saturated carbocycles. The Labute approximate surface area is 277 Å². The van der Waals surface area contributed by atoms with E-state index in [9.17, 15) is 22.8 Å². The van der Waals surface area contributed by atoms with Gasteiger partial charge in [0.25, 0.3) is 0 Å². The van der Waals surface area contributed by atoms with Crippen LogP contribution in [-0.4, -0.2) is 52.8 Å². The summed E-state index contributed by atoms with van der Waals surface area (Å²) in [5.74, 6) is -1.48. The molecule has 1 atom stereocenters. The molecule has 0 spiro atoms. The average Bonchev–Trinajstić information content (AvgIpc) is 3.58. The zero-order valence-electron chi connectivity index (χ0n) is 26.4. The maximum atomic E-state index is 14.4. The number of benzene rings is 4. The molecule has 2 heterocycles. The van der Waals surface area contributed by atoms with Crippen LogP contribution in [0.1, 0.15) is 27.8 Å². The first-order valence-electron chi connectivity index (χ1n) is 16.0. The largest absolute Gasteiger partial charge is 0.416 e. The summed E-state index contributed by atoms with van der Waals surface area (Å²) in [5, 5.41) is 4.00. The highest BCUT2D eigenvalue weighted by Crippen LogP contribution is 2.30. The molecule has 0 aliphatic carbocycles. The van der Waals surface area contributed by atoms with Crippen LogP contribution in [0.3, 0.4) is 0 Å². The van der Waals surface area contributed by atoms with Crippen LogP contribution in [0.15, 0.2) is 121 Å². The van der Waals surface area contributed by atoms with Gasteiger partial charge in [-0.2, -0.15) is 13.2 Å². The van der Waals surface area contributed by atoms with Crippen molar-refractivity contribution in [3.8, 4) is 0 Å². The number of aromatic amines is 1. The van der Waals surface area contributed by atoms with Crippen molar-refractivity contribution in [1.29, 1.82) is 0 Å². The minimum Gasteiger partial charge on any atom is -0.361 e. The molecule has 0 unspecified atom stereocenters. The number of piperazine rings is 1. The molecule has 6 rings (SSSR count). The summed E-state index contributed by atoms with van der Waals surface area (Å²) in [6.07, 6.45) is -0.822. The average molecular weight is 651 g/mol. The highest BCUT2D eigenvalue weighted by atomic mass is 19.4. The van der Waals surface area contributed by atoms with Gasteiger partial charge in [-0.1, -0.05) is 78.9 Å². The molecule has 1 saturated heterocycles. The number of hydrogen-bond acceptors (Lipinski definition) is 3. The lowest BCUT2D eigenvalue weighted by atomic mass is 9.88. The number of rotatable bonds is 10. The van der Waals surface area contributed by atoms with Gasteiger partial charge in [-0.15, -0.1) is 0 Å². The number of aromatic nitrogens is 1. The summed E-state index contributed by atoms with van der Waals surface area (Å²) in [7, 11) is 0. The third kappa shape index (κ3) is 8.22. The first-order chi connectivity index (χ1) is 23.2. The second kappa shape index (κ2) is 14.7. The van der Waals surface area contributed by atoms with Gasteiger partial charge in [0.2, 0.25) is 11.8 Å². The number of amides is 2. The van der Waals surface area contributed by atoms with E-state index in [4.69, 9.17) is 0 Å². The zero-order valence-corrected chi connectivity index (χ0v) is 26.4. The maximum absolute atomic E-state index is 14.4. The minimum absolute atomic E-state index is 0.180. The van der Waals surface area contributed by atoms with Crippen molar-refractivity contribution in [2.24, 2.45) is 5.92 Å². The highest BCUT2D eigenvalue weighted by Gasteiger charge is 2.34. The van der Waals surface area contributed by atoms with Crippen molar-refractivity contribution >= 4 is 28.8 Å². The van der Waals surface area contributed by atoms with E-state index in [1.54, 1.807) is 6.08 Å². The smallest absolute Gasteiger partial charge is 0.361 e. The van der Waals surface area contributed by atoms with Crippen LogP contribution in [0.5, 0.6) is 0 Å². The van der Waals surface area contributed by atoms with E-state index in [1.165, 1.54) is 17.7 Å². The number of H-pyrrole nitrogens is 1. The lowest BCUT2D eigenvalue weighted by Gasteiger charge is -2.37. The maximum Gasteiger partial charge on any atom is 0.416 e. The molecule has 1 aromatic heterocycles.